The Labute approximate surface area is 113 Å². The van der Waals surface area contributed by atoms with E-state index in [0.29, 0.717) is 32.7 Å². The van der Waals surface area contributed by atoms with Crippen LogP contribution in [-0.2, 0) is 0 Å². The molecule has 19 heavy (non-hydrogen) atoms. The summed E-state index contributed by atoms with van der Waals surface area (Å²) < 4.78 is 37.0. The van der Waals surface area contributed by atoms with E-state index in [0.717, 1.165) is 19.3 Å². The molecule has 0 saturated carbocycles. The van der Waals surface area contributed by atoms with Crippen LogP contribution in [0.1, 0.15) is 33.1 Å². The van der Waals surface area contributed by atoms with Crippen LogP contribution in [0.2, 0.25) is 0 Å². The molecule has 6 heteroatoms. The van der Waals surface area contributed by atoms with Gasteiger partial charge in [0.15, 0.2) is 0 Å². The van der Waals surface area contributed by atoms with Crippen molar-refractivity contribution in [3.8, 4) is 0 Å². The molecule has 1 atom stereocenters. The molecule has 1 fully saturated rings. The van der Waals surface area contributed by atoms with Crippen LogP contribution in [0.25, 0.3) is 0 Å². The number of piperazine rings is 1. The molecule has 0 aromatic carbocycles. The summed E-state index contributed by atoms with van der Waals surface area (Å²) >= 11 is 0. The van der Waals surface area contributed by atoms with Gasteiger partial charge in [0.25, 0.3) is 0 Å². The maximum absolute atomic E-state index is 12.3. The first kappa shape index (κ1) is 16.7. The van der Waals surface area contributed by atoms with Gasteiger partial charge in [0.05, 0.1) is 6.54 Å². The summed E-state index contributed by atoms with van der Waals surface area (Å²) in [4.78, 5) is 3.78. The van der Waals surface area contributed by atoms with Crippen molar-refractivity contribution in [1.29, 1.82) is 0 Å². The summed E-state index contributed by atoms with van der Waals surface area (Å²) in [5.74, 6) is 0. The first-order valence-corrected chi connectivity index (χ1v) is 7.11. The molecule has 1 rings (SSSR count). The summed E-state index contributed by atoms with van der Waals surface area (Å²) in [5.41, 5.74) is 5.91. The van der Waals surface area contributed by atoms with Crippen molar-refractivity contribution in [3.05, 3.63) is 0 Å². The second-order valence-corrected chi connectivity index (χ2v) is 5.41. The Bertz CT molecular complexity index is 256. The molecule has 0 aromatic heterocycles. The van der Waals surface area contributed by atoms with Gasteiger partial charge in [0, 0.05) is 38.3 Å². The molecule has 0 aromatic rings. The van der Waals surface area contributed by atoms with E-state index < -0.39 is 12.7 Å². The number of rotatable bonds is 6. The lowest BCUT2D eigenvalue weighted by atomic mass is 9.88. The van der Waals surface area contributed by atoms with Crippen LogP contribution in [0.4, 0.5) is 13.2 Å². The standard InChI is InChI=1S/C13H26F3N3/c1-3-5-12(4-2,10-17)19-8-6-18(7-9-19)11-13(14,15)16/h3-11,17H2,1-2H3. The average Bonchev–Trinajstić information content (AvgIpc) is 2.35. The molecule has 0 bridgehead atoms. The molecule has 3 nitrogen and oxygen atoms in total. The van der Waals surface area contributed by atoms with Crippen molar-refractivity contribution in [2.45, 2.75) is 44.8 Å². The Morgan fingerprint density at radius 1 is 1.05 bits per heavy atom. The predicted octanol–water partition coefficient (Wildman–Crippen LogP) is 2.07. The number of hydrogen-bond acceptors (Lipinski definition) is 3. The fraction of sp³-hybridized carbons (Fsp3) is 1.00. The van der Waals surface area contributed by atoms with Gasteiger partial charge in [-0.2, -0.15) is 13.2 Å². The third-order valence-electron chi connectivity index (χ3n) is 4.20. The van der Waals surface area contributed by atoms with Crippen LogP contribution in [-0.4, -0.2) is 60.8 Å². The van der Waals surface area contributed by atoms with Crippen molar-refractivity contribution in [2.75, 3.05) is 39.3 Å². The zero-order chi connectivity index (χ0) is 14.5. The molecular weight excluding hydrogens is 255 g/mol. The van der Waals surface area contributed by atoms with Gasteiger partial charge in [-0.15, -0.1) is 0 Å². The number of nitrogens with zero attached hydrogens (tertiary/aromatic N) is 2. The van der Waals surface area contributed by atoms with E-state index in [9.17, 15) is 13.2 Å². The Kier molecular flexibility index (Phi) is 6.08. The quantitative estimate of drug-likeness (QED) is 0.809. The van der Waals surface area contributed by atoms with Crippen LogP contribution in [0.3, 0.4) is 0 Å². The highest BCUT2D eigenvalue weighted by Crippen LogP contribution is 2.27. The number of hydrogen-bond donors (Lipinski definition) is 1. The van der Waals surface area contributed by atoms with Crippen molar-refractivity contribution in [1.82, 2.24) is 9.80 Å². The number of halogens is 3. The van der Waals surface area contributed by atoms with E-state index in [4.69, 9.17) is 5.73 Å². The Balaban J connectivity index is 2.56. The topological polar surface area (TPSA) is 32.5 Å². The van der Waals surface area contributed by atoms with E-state index in [1.54, 1.807) is 0 Å². The summed E-state index contributed by atoms with van der Waals surface area (Å²) in [6.07, 6.45) is -1.08. The van der Waals surface area contributed by atoms with Gasteiger partial charge in [-0.3, -0.25) is 9.80 Å². The summed E-state index contributed by atoms with van der Waals surface area (Å²) in [5, 5.41) is 0. The molecule has 114 valence electrons. The Morgan fingerprint density at radius 3 is 2.00 bits per heavy atom. The van der Waals surface area contributed by atoms with Gasteiger partial charge in [-0.1, -0.05) is 20.3 Å². The van der Waals surface area contributed by atoms with E-state index in [1.807, 2.05) is 0 Å². The monoisotopic (exact) mass is 281 g/mol. The molecule has 2 N–H and O–H groups in total. The first-order valence-electron chi connectivity index (χ1n) is 7.11. The molecule has 0 radical (unpaired) electrons. The second-order valence-electron chi connectivity index (χ2n) is 5.41. The lowest BCUT2D eigenvalue weighted by Crippen LogP contribution is -2.60. The van der Waals surface area contributed by atoms with Crippen molar-refractivity contribution >= 4 is 0 Å². The van der Waals surface area contributed by atoms with Crippen LogP contribution in [0.5, 0.6) is 0 Å². The lowest BCUT2D eigenvalue weighted by molar-refractivity contribution is -0.151. The third-order valence-corrected chi connectivity index (χ3v) is 4.20. The molecule has 1 aliphatic rings. The average molecular weight is 281 g/mol. The minimum Gasteiger partial charge on any atom is -0.329 e. The molecule has 0 amide bonds. The van der Waals surface area contributed by atoms with Gasteiger partial charge >= 0.3 is 6.18 Å². The molecule has 0 aliphatic carbocycles. The van der Waals surface area contributed by atoms with Gasteiger partial charge in [-0.05, 0) is 12.8 Å². The SMILES string of the molecule is CCCC(CC)(CN)N1CCN(CC(F)(F)F)CC1. The summed E-state index contributed by atoms with van der Waals surface area (Å²) in [7, 11) is 0. The van der Waals surface area contributed by atoms with Gasteiger partial charge in [0.2, 0.25) is 0 Å². The van der Waals surface area contributed by atoms with Gasteiger partial charge in [-0.25, -0.2) is 0 Å². The molecule has 1 heterocycles. The summed E-state index contributed by atoms with van der Waals surface area (Å²) in [6.45, 7) is 6.34. The zero-order valence-electron chi connectivity index (χ0n) is 12.0. The fourth-order valence-electron chi connectivity index (χ4n) is 3.03. The van der Waals surface area contributed by atoms with Gasteiger partial charge < -0.3 is 5.73 Å². The van der Waals surface area contributed by atoms with Crippen molar-refractivity contribution in [2.24, 2.45) is 5.73 Å². The smallest absolute Gasteiger partial charge is 0.329 e. The van der Waals surface area contributed by atoms with Gasteiger partial charge in [0.1, 0.15) is 0 Å². The van der Waals surface area contributed by atoms with Crippen molar-refractivity contribution in [3.63, 3.8) is 0 Å². The third kappa shape index (κ3) is 4.61. The fourth-order valence-corrected chi connectivity index (χ4v) is 3.03. The largest absolute Gasteiger partial charge is 0.401 e. The highest BCUT2D eigenvalue weighted by Gasteiger charge is 2.37. The lowest BCUT2D eigenvalue weighted by Gasteiger charge is -2.47. The number of nitrogens with two attached hydrogens (primary N) is 1. The van der Waals surface area contributed by atoms with Crippen LogP contribution < -0.4 is 5.73 Å². The zero-order valence-corrected chi connectivity index (χ0v) is 12.0. The van der Waals surface area contributed by atoms with Crippen LogP contribution in [0.15, 0.2) is 0 Å². The second kappa shape index (κ2) is 6.90. The maximum atomic E-state index is 12.3. The van der Waals surface area contributed by atoms with E-state index in [-0.39, 0.29) is 5.54 Å². The Morgan fingerprint density at radius 2 is 1.63 bits per heavy atom. The van der Waals surface area contributed by atoms with Crippen molar-refractivity contribution < 1.29 is 13.2 Å². The maximum Gasteiger partial charge on any atom is 0.401 e. The highest BCUT2D eigenvalue weighted by atomic mass is 19.4. The van der Waals surface area contributed by atoms with E-state index in [1.165, 1.54) is 4.90 Å². The summed E-state index contributed by atoms with van der Waals surface area (Å²) in [6, 6.07) is 0. The van der Waals surface area contributed by atoms with Crippen LogP contribution >= 0.6 is 0 Å². The van der Waals surface area contributed by atoms with E-state index >= 15 is 0 Å². The molecule has 0 spiro atoms. The molecule has 1 aliphatic heterocycles. The van der Waals surface area contributed by atoms with E-state index in [2.05, 4.69) is 18.7 Å². The highest BCUT2D eigenvalue weighted by molar-refractivity contribution is 4.93. The molecule has 1 unspecified atom stereocenters. The minimum absolute atomic E-state index is 0.0287. The minimum atomic E-state index is -4.10. The predicted molar refractivity (Wildman–Crippen MR) is 71.1 cm³/mol. The Hall–Kier alpha value is -0.330. The molecule has 1 saturated heterocycles. The first-order chi connectivity index (χ1) is 8.87. The molecular formula is C13H26F3N3. The number of alkyl halides is 3. The normalized spacial score (nSPS) is 22.4. The van der Waals surface area contributed by atoms with Crippen LogP contribution in [0, 0.1) is 0 Å².